The molecule has 0 heterocycles. The van der Waals surface area contributed by atoms with Crippen molar-refractivity contribution >= 4 is 17.1 Å². The van der Waals surface area contributed by atoms with Crippen molar-refractivity contribution in [3.63, 3.8) is 0 Å². The Hall–Kier alpha value is -6.44. The van der Waals surface area contributed by atoms with Crippen molar-refractivity contribution in [1.29, 1.82) is 0 Å². The first-order valence-electron chi connectivity index (χ1n) is 17.2. The third-order valence-electron chi connectivity index (χ3n) is 9.48. The second kappa shape index (κ2) is 14.0. The van der Waals surface area contributed by atoms with Gasteiger partial charge in [0.05, 0.1) is 0 Å². The van der Waals surface area contributed by atoms with E-state index in [9.17, 15) is 0 Å². The van der Waals surface area contributed by atoms with Crippen molar-refractivity contribution in [2.45, 2.75) is 6.92 Å². The van der Waals surface area contributed by atoms with Crippen LogP contribution in [0.3, 0.4) is 0 Å². The largest absolute Gasteiger partial charge is 0.311 e. The number of benzene rings is 8. The molecule has 8 aromatic rings. The Morgan fingerprint density at radius 1 is 0.240 bits per heavy atom. The van der Waals surface area contributed by atoms with Gasteiger partial charge < -0.3 is 4.90 Å². The Balaban J connectivity index is 1.18. The predicted octanol–water partition coefficient (Wildman–Crippen LogP) is 13.8. The van der Waals surface area contributed by atoms with E-state index in [1.54, 1.807) is 0 Å². The van der Waals surface area contributed by atoms with E-state index < -0.39 is 0 Å². The van der Waals surface area contributed by atoms with Crippen LogP contribution in [0.4, 0.5) is 17.1 Å². The van der Waals surface area contributed by atoms with E-state index in [0.29, 0.717) is 0 Å². The lowest BCUT2D eigenvalue weighted by atomic mass is 9.92. The quantitative estimate of drug-likeness (QED) is 0.160. The average Bonchev–Trinajstić information content (AvgIpc) is 3.20. The van der Waals surface area contributed by atoms with Gasteiger partial charge in [-0.3, -0.25) is 0 Å². The number of nitrogens with zero attached hydrogens (tertiary/aromatic N) is 1. The number of hydrogen-bond acceptors (Lipinski definition) is 1. The highest BCUT2D eigenvalue weighted by molar-refractivity contribution is 5.88. The summed E-state index contributed by atoms with van der Waals surface area (Å²) in [5.41, 5.74) is 16.8. The first kappa shape index (κ1) is 30.9. The highest BCUT2D eigenvalue weighted by atomic mass is 15.1. The zero-order chi connectivity index (χ0) is 33.7. The summed E-state index contributed by atoms with van der Waals surface area (Å²) in [7, 11) is 0. The van der Waals surface area contributed by atoms with Gasteiger partial charge in [-0.1, -0.05) is 170 Å². The SMILES string of the molecule is Cc1ccccc1-c1ccccc1-c1ccc(N(c2ccc(-c3ccccc3)cc2)c2ccc(-c3ccccc3-c3ccccc3)cc2)cc1. The van der Waals surface area contributed by atoms with E-state index in [4.69, 9.17) is 0 Å². The maximum atomic E-state index is 2.35. The molecule has 0 aromatic heterocycles. The van der Waals surface area contributed by atoms with E-state index in [1.165, 1.54) is 61.2 Å². The summed E-state index contributed by atoms with van der Waals surface area (Å²) in [6.07, 6.45) is 0. The molecule has 0 fully saturated rings. The molecule has 0 atom stereocenters. The third-order valence-corrected chi connectivity index (χ3v) is 9.48. The summed E-state index contributed by atoms with van der Waals surface area (Å²) in [4.78, 5) is 2.35. The molecular formula is C49H37N. The van der Waals surface area contributed by atoms with Crippen LogP contribution in [0.5, 0.6) is 0 Å². The van der Waals surface area contributed by atoms with Crippen LogP contribution < -0.4 is 4.90 Å². The van der Waals surface area contributed by atoms with E-state index in [2.05, 4.69) is 218 Å². The van der Waals surface area contributed by atoms with Crippen LogP contribution in [0.2, 0.25) is 0 Å². The van der Waals surface area contributed by atoms with Crippen molar-refractivity contribution in [2.24, 2.45) is 0 Å². The maximum Gasteiger partial charge on any atom is 0.0462 e. The molecule has 0 spiro atoms. The molecule has 0 saturated carbocycles. The Bertz CT molecular complexity index is 2340. The fraction of sp³-hybridized carbons (Fsp3) is 0.0204. The first-order chi connectivity index (χ1) is 24.7. The minimum absolute atomic E-state index is 1.10. The summed E-state index contributed by atoms with van der Waals surface area (Å²) in [5, 5.41) is 0. The van der Waals surface area contributed by atoms with Gasteiger partial charge in [-0.05, 0) is 105 Å². The molecular weight excluding hydrogens is 603 g/mol. The second-order valence-electron chi connectivity index (χ2n) is 12.6. The highest BCUT2D eigenvalue weighted by Crippen LogP contribution is 2.40. The van der Waals surface area contributed by atoms with Gasteiger partial charge >= 0.3 is 0 Å². The zero-order valence-electron chi connectivity index (χ0n) is 28.1. The molecule has 50 heavy (non-hydrogen) atoms. The normalized spacial score (nSPS) is 10.9. The van der Waals surface area contributed by atoms with Crippen LogP contribution in [0.1, 0.15) is 5.56 Å². The fourth-order valence-electron chi connectivity index (χ4n) is 6.91. The second-order valence-corrected chi connectivity index (χ2v) is 12.6. The zero-order valence-corrected chi connectivity index (χ0v) is 28.1. The lowest BCUT2D eigenvalue weighted by molar-refractivity contribution is 1.28. The summed E-state index contributed by atoms with van der Waals surface area (Å²) in [5.74, 6) is 0. The topological polar surface area (TPSA) is 3.24 Å². The molecule has 0 aliphatic heterocycles. The van der Waals surface area contributed by atoms with Gasteiger partial charge in [0.2, 0.25) is 0 Å². The van der Waals surface area contributed by atoms with Gasteiger partial charge in [-0.15, -0.1) is 0 Å². The molecule has 0 radical (unpaired) electrons. The molecule has 0 aliphatic rings. The molecule has 8 aromatic carbocycles. The van der Waals surface area contributed by atoms with Crippen LogP contribution in [-0.4, -0.2) is 0 Å². The number of aryl methyl sites for hydroxylation is 1. The molecule has 0 aliphatic carbocycles. The molecule has 0 bridgehead atoms. The number of rotatable bonds is 8. The lowest BCUT2D eigenvalue weighted by Crippen LogP contribution is -2.09. The van der Waals surface area contributed by atoms with Crippen LogP contribution in [0, 0.1) is 6.92 Å². The van der Waals surface area contributed by atoms with Gasteiger partial charge in [-0.25, -0.2) is 0 Å². The van der Waals surface area contributed by atoms with E-state index in [0.717, 1.165) is 17.1 Å². The van der Waals surface area contributed by atoms with Crippen LogP contribution in [0.15, 0.2) is 206 Å². The fourth-order valence-corrected chi connectivity index (χ4v) is 6.91. The number of hydrogen-bond donors (Lipinski definition) is 0. The van der Waals surface area contributed by atoms with Gasteiger partial charge in [0, 0.05) is 17.1 Å². The predicted molar refractivity (Wildman–Crippen MR) is 213 cm³/mol. The highest BCUT2D eigenvalue weighted by Gasteiger charge is 2.16. The lowest BCUT2D eigenvalue weighted by Gasteiger charge is -2.26. The minimum atomic E-state index is 1.10. The molecule has 1 nitrogen and oxygen atoms in total. The Labute approximate surface area is 295 Å². The molecule has 1 heteroatoms. The summed E-state index contributed by atoms with van der Waals surface area (Å²) in [6, 6.07) is 74.0. The Morgan fingerprint density at radius 3 is 1.00 bits per heavy atom. The van der Waals surface area contributed by atoms with E-state index >= 15 is 0 Å². The van der Waals surface area contributed by atoms with Gasteiger partial charge in [-0.2, -0.15) is 0 Å². The van der Waals surface area contributed by atoms with Crippen molar-refractivity contribution in [3.05, 3.63) is 212 Å². The van der Waals surface area contributed by atoms with Crippen molar-refractivity contribution in [2.75, 3.05) is 4.90 Å². The molecule has 0 saturated heterocycles. The molecule has 8 rings (SSSR count). The molecule has 0 unspecified atom stereocenters. The van der Waals surface area contributed by atoms with Crippen molar-refractivity contribution in [3.8, 4) is 55.6 Å². The summed E-state index contributed by atoms with van der Waals surface area (Å²) >= 11 is 0. The first-order valence-corrected chi connectivity index (χ1v) is 17.2. The summed E-state index contributed by atoms with van der Waals surface area (Å²) in [6.45, 7) is 2.18. The molecule has 238 valence electrons. The number of anilines is 3. The van der Waals surface area contributed by atoms with Crippen molar-refractivity contribution < 1.29 is 0 Å². The molecule has 0 amide bonds. The summed E-state index contributed by atoms with van der Waals surface area (Å²) < 4.78 is 0. The van der Waals surface area contributed by atoms with Gasteiger partial charge in [0.15, 0.2) is 0 Å². The maximum absolute atomic E-state index is 2.35. The van der Waals surface area contributed by atoms with Crippen LogP contribution in [-0.2, 0) is 0 Å². The standard InChI is InChI=1S/C49H37N/c1-36-14-8-9-19-45(36)49-23-13-12-22-48(49)41-28-34-44(35-29-41)50(42-30-24-38(25-31-42)37-15-4-2-5-16-37)43-32-26-40(27-33-43)47-21-11-10-20-46(47)39-17-6-3-7-18-39/h2-35H,1H3. The van der Waals surface area contributed by atoms with Crippen LogP contribution >= 0.6 is 0 Å². The van der Waals surface area contributed by atoms with E-state index in [-0.39, 0.29) is 0 Å². The van der Waals surface area contributed by atoms with Gasteiger partial charge in [0.25, 0.3) is 0 Å². The van der Waals surface area contributed by atoms with E-state index in [1.807, 2.05) is 0 Å². The van der Waals surface area contributed by atoms with Gasteiger partial charge in [0.1, 0.15) is 0 Å². The minimum Gasteiger partial charge on any atom is -0.311 e. The monoisotopic (exact) mass is 639 g/mol. The smallest absolute Gasteiger partial charge is 0.0462 e. The van der Waals surface area contributed by atoms with Crippen molar-refractivity contribution in [1.82, 2.24) is 0 Å². The third kappa shape index (κ3) is 6.25. The van der Waals surface area contributed by atoms with Crippen LogP contribution in [0.25, 0.3) is 55.6 Å². The average molecular weight is 640 g/mol. The Morgan fingerprint density at radius 2 is 0.540 bits per heavy atom. The Kier molecular flexibility index (Phi) is 8.62. The molecule has 0 N–H and O–H groups in total.